The molecule has 0 saturated heterocycles. The first-order valence-electron chi connectivity index (χ1n) is 8.31. The first-order chi connectivity index (χ1) is 11.3. The van der Waals surface area contributed by atoms with Gasteiger partial charge in [-0.3, -0.25) is 9.48 Å². The largest absolute Gasteiger partial charge is 0.493 e. The third kappa shape index (κ3) is 5.11. The first kappa shape index (κ1) is 18.0. The van der Waals surface area contributed by atoms with Crippen molar-refractivity contribution in [3.63, 3.8) is 0 Å². The van der Waals surface area contributed by atoms with Crippen molar-refractivity contribution in [3.8, 4) is 5.75 Å². The average Bonchev–Trinajstić information content (AvgIpc) is 2.91. The van der Waals surface area contributed by atoms with Crippen LogP contribution in [0.5, 0.6) is 5.75 Å². The van der Waals surface area contributed by atoms with Crippen molar-refractivity contribution in [2.45, 2.75) is 40.7 Å². The van der Waals surface area contributed by atoms with Gasteiger partial charge in [0.2, 0.25) is 0 Å². The lowest BCUT2D eigenvalue weighted by molar-refractivity contribution is 0.0941. The fourth-order valence-corrected chi connectivity index (χ4v) is 2.23. The Morgan fingerprint density at radius 1 is 1.29 bits per heavy atom. The molecule has 1 amide bonds. The number of ether oxygens (including phenoxy) is 1. The average molecular weight is 329 g/mol. The quantitative estimate of drug-likeness (QED) is 0.884. The Labute approximate surface area is 144 Å². The second-order valence-corrected chi connectivity index (χ2v) is 7.18. The molecule has 0 aliphatic carbocycles. The van der Waals surface area contributed by atoms with Crippen LogP contribution < -0.4 is 10.1 Å². The zero-order valence-electron chi connectivity index (χ0n) is 15.2. The molecule has 24 heavy (non-hydrogen) atoms. The van der Waals surface area contributed by atoms with Crippen molar-refractivity contribution < 1.29 is 9.53 Å². The van der Waals surface area contributed by atoms with E-state index in [1.165, 1.54) is 0 Å². The van der Waals surface area contributed by atoms with Crippen LogP contribution in [0, 0.1) is 5.41 Å². The van der Waals surface area contributed by atoms with E-state index in [2.05, 4.69) is 31.2 Å². The van der Waals surface area contributed by atoms with Gasteiger partial charge in [0.1, 0.15) is 11.4 Å². The van der Waals surface area contributed by atoms with Crippen molar-refractivity contribution in [2.75, 3.05) is 6.61 Å². The van der Waals surface area contributed by atoms with E-state index in [9.17, 15) is 4.79 Å². The number of hydrogen-bond acceptors (Lipinski definition) is 3. The summed E-state index contributed by atoms with van der Waals surface area (Å²) in [5, 5.41) is 7.24. The van der Waals surface area contributed by atoms with E-state index in [1.807, 2.05) is 37.3 Å². The molecule has 0 saturated carbocycles. The zero-order chi connectivity index (χ0) is 17.7. The Morgan fingerprint density at radius 3 is 2.67 bits per heavy atom. The summed E-state index contributed by atoms with van der Waals surface area (Å²) < 4.78 is 7.43. The van der Waals surface area contributed by atoms with Crippen molar-refractivity contribution in [1.29, 1.82) is 0 Å². The monoisotopic (exact) mass is 329 g/mol. The molecule has 0 aliphatic heterocycles. The van der Waals surface area contributed by atoms with E-state index in [0.717, 1.165) is 23.4 Å². The Morgan fingerprint density at radius 2 is 2.04 bits per heavy atom. The molecule has 2 rings (SSSR count). The first-order valence-corrected chi connectivity index (χ1v) is 8.31. The molecule has 0 unspecified atom stereocenters. The predicted octanol–water partition coefficient (Wildman–Crippen LogP) is 3.34. The van der Waals surface area contributed by atoms with Gasteiger partial charge in [-0.15, -0.1) is 0 Å². The maximum Gasteiger partial charge on any atom is 0.269 e. The SMILES string of the molecule is CCc1cc(C(=O)NCc2cccc(OCC(C)(C)C)c2)n(C)n1. The molecule has 0 aliphatic rings. The molecule has 5 heteroatoms. The summed E-state index contributed by atoms with van der Waals surface area (Å²) in [6.07, 6.45) is 0.814. The van der Waals surface area contributed by atoms with E-state index in [4.69, 9.17) is 4.74 Å². The van der Waals surface area contributed by atoms with Crippen molar-refractivity contribution in [2.24, 2.45) is 12.5 Å². The lowest BCUT2D eigenvalue weighted by Gasteiger charge is -2.19. The second kappa shape index (κ2) is 7.51. The van der Waals surface area contributed by atoms with Crippen molar-refractivity contribution >= 4 is 5.91 Å². The molecule has 0 fully saturated rings. The summed E-state index contributed by atoms with van der Waals surface area (Å²) in [6, 6.07) is 9.65. The van der Waals surface area contributed by atoms with Crippen molar-refractivity contribution in [1.82, 2.24) is 15.1 Å². The molecule has 1 heterocycles. The second-order valence-electron chi connectivity index (χ2n) is 7.18. The lowest BCUT2D eigenvalue weighted by atomic mass is 9.99. The Balaban J connectivity index is 1.96. The van der Waals surface area contributed by atoms with E-state index in [1.54, 1.807) is 11.7 Å². The number of nitrogens with one attached hydrogen (secondary N) is 1. The van der Waals surface area contributed by atoms with Gasteiger partial charge in [0.05, 0.1) is 12.3 Å². The van der Waals surface area contributed by atoms with E-state index < -0.39 is 0 Å². The van der Waals surface area contributed by atoms with Gasteiger partial charge >= 0.3 is 0 Å². The van der Waals surface area contributed by atoms with Crippen LogP contribution in [0.25, 0.3) is 0 Å². The molecule has 130 valence electrons. The van der Waals surface area contributed by atoms with Crippen LogP contribution in [0.3, 0.4) is 0 Å². The normalized spacial score (nSPS) is 11.4. The minimum atomic E-state index is -0.120. The number of carbonyl (C=O) groups excluding carboxylic acids is 1. The van der Waals surface area contributed by atoms with Gasteiger partial charge in [0.15, 0.2) is 0 Å². The molecule has 0 radical (unpaired) electrons. The number of amides is 1. The summed E-state index contributed by atoms with van der Waals surface area (Å²) >= 11 is 0. The highest BCUT2D eigenvalue weighted by Gasteiger charge is 2.13. The topological polar surface area (TPSA) is 56.1 Å². The van der Waals surface area contributed by atoms with Crippen LogP contribution in [0.4, 0.5) is 0 Å². The standard InChI is InChI=1S/C19H27N3O2/c1-6-15-11-17(22(5)21-15)18(23)20-12-14-8-7-9-16(10-14)24-13-19(2,3)4/h7-11H,6,12-13H2,1-5H3,(H,20,23). The highest BCUT2D eigenvalue weighted by Crippen LogP contribution is 2.18. The number of carbonyl (C=O) groups is 1. The van der Waals surface area contributed by atoms with Gasteiger partial charge in [-0.1, -0.05) is 39.8 Å². The van der Waals surface area contributed by atoms with Crippen LogP contribution in [0.15, 0.2) is 30.3 Å². The molecular weight excluding hydrogens is 302 g/mol. The highest BCUT2D eigenvalue weighted by molar-refractivity contribution is 5.92. The maximum atomic E-state index is 12.3. The minimum Gasteiger partial charge on any atom is -0.493 e. The Hall–Kier alpha value is -2.30. The number of nitrogens with zero attached hydrogens (tertiary/aromatic N) is 2. The van der Waals surface area contributed by atoms with Crippen LogP contribution in [-0.4, -0.2) is 22.3 Å². The molecule has 2 aromatic rings. The van der Waals surface area contributed by atoms with Gasteiger partial charge in [-0.2, -0.15) is 5.10 Å². The molecule has 1 aromatic carbocycles. The number of benzene rings is 1. The summed E-state index contributed by atoms with van der Waals surface area (Å²) in [4.78, 5) is 12.3. The number of hydrogen-bond donors (Lipinski definition) is 1. The molecule has 0 bridgehead atoms. The summed E-state index contributed by atoms with van der Waals surface area (Å²) in [5.74, 6) is 0.705. The van der Waals surface area contributed by atoms with Crippen LogP contribution in [0.1, 0.15) is 49.4 Å². The van der Waals surface area contributed by atoms with Crippen LogP contribution in [-0.2, 0) is 20.0 Å². The molecule has 1 aromatic heterocycles. The highest BCUT2D eigenvalue weighted by atomic mass is 16.5. The number of rotatable bonds is 6. The van der Waals surface area contributed by atoms with Crippen LogP contribution >= 0.6 is 0 Å². The molecule has 1 N–H and O–H groups in total. The van der Waals surface area contributed by atoms with Gasteiger partial charge in [0.25, 0.3) is 5.91 Å². The fraction of sp³-hybridized carbons (Fsp3) is 0.474. The fourth-order valence-electron chi connectivity index (χ4n) is 2.23. The van der Waals surface area contributed by atoms with E-state index in [-0.39, 0.29) is 11.3 Å². The zero-order valence-corrected chi connectivity index (χ0v) is 15.2. The molecule has 5 nitrogen and oxygen atoms in total. The van der Waals surface area contributed by atoms with Gasteiger partial charge in [-0.25, -0.2) is 0 Å². The van der Waals surface area contributed by atoms with E-state index >= 15 is 0 Å². The predicted molar refractivity (Wildman–Crippen MR) is 95.1 cm³/mol. The smallest absolute Gasteiger partial charge is 0.269 e. The van der Waals surface area contributed by atoms with Crippen LogP contribution in [0.2, 0.25) is 0 Å². The molecule has 0 spiro atoms. The third-order valence-electron chi connectivity index (χ3n) is 3.55. The molecular formula is C19H27N3O2. The third-order valence-corrected chi connectivity index (χ3v) is 3.55. The minimum absolute atomic E-state index is 0.112. The maximum absolute atomic E-state index is 12.3. The summed E-state index contributed by atoms with van der Waals surface area (Å²) in [7, 11) is 1.79. The summed E-state index contributed by atoms with van der Waals surface area (Å²) in [5.41, 5.74) is 2.61. The molecule has 0 atom stereocenters. The lowest BCUT2D eigenvalue weighted by Crippen LogP contribution is -2.25. The van der Waals surface area contributed by atoms with Gasteiger partial charge < -0.3 is 10.1 Å². The van der Waals surface area contributed by atoms with Gasteiger partial charge in [0, 0.05) is 13.6 Å². The van der Waals surface area contributed by atoms with E-state index in [0.29, 0.717) is 18.8 Å². The Kier molecular flexibility index (Phi) is 5.65. The van der Waals surface area contributed by atoms with Gasteiger partial charge in [-0.05, 0) is 35.6 Å². The van der Waals surface area contributed by atoms with Crippen molar-refractivity contribution in [3.05, 3.63) is 47.3 Å². The number of aromatic nitrogens is 2. The Bertz CT molecular complexity index is 699. The number of aryl methyl sites for hydroxylation is 2. The summed E-state index contributed by atoms with van der Waals surface area (Å²) in [6.45, 7) is 9.53.